The van der Waals surface area contributed by atoms with E-state index in [-0.39, 0.29) is 5.91 Å². The Bertz CT molecular complexity index is 555. The monoisotopic (exact) mass is 243 g/mol. The first-order chi connectivity index (χ1) is 8.83. The second-order valence-electron chi connectivity index (χ2n) is 4.79. The van der Waals surface area contributed by atoms with Crippen molar-refractivity contribution in [3.8, 4) is 0 Å². The fraction of sp³-hybridized carbons (Fsp3) is 0.357. The Kier molecular flexibility index (Phi) is 3.02. The van der Waals surface area contributed by atoms with Crippen molar-refractivity contribution in [2.24, 2.45) is 0 Å². The summed E-state index contributed by atoms with van der Waals surface area (Å²) >= 11 is 0. The molecule has 0 radical (unpaired) electrons. The Morgan fingerprint density at radius 3 is 3.11 bits per heavy atom. The van der Waals surface area contributed by atoms with E-state index in [0.717, 1.165) is 29.6 Å². The van der Waals surface area contributed by atoms with Gasteiger partial charge < -0.3 is 15.6 Å². The molecule has 1 amide bonds. The first-order valence-electron chi connectivity index (χ1n) is 6.42. The molecular formula is C14H17N3O. The number of aromatic amines is 1. The molecule has 3 rings (SSSR count). The molecule has 18 heavy (non-hydrogen) atoms. The molecule has 4 heteroatoms. The van der Waals surface area contributed by atoms with E-state index in [1.54, 1.807) is 0 Å². The third-order valence-corrected chi connectivity index (χ3v) is 3.46. The van der Waals surface area contributed by atoms with Crippen molar-refractivity contribution < 1.29 is 4.79 Å². The molecule has 4 nitrogen and oxygen atoms in total. The topological polar surface area (TPSA) is 56.9 Å². The lowest BCUT2D eigenvalue weighted by Crippen LogP contribution is -2.27. The molecule has 2 aromatic rings. The number of carbonyl (C=O) groups excluding carboxylic acids is 1. The molecule has 0 bridgehead atoms. The zero-order valence-electron chi connectivity index (χ0n) is 10.2. The van der Waals surface area contributed by atoms with Crippen LogP contribution in [0.3, 0.4) is 0 Å². The number of amides is 1. The van der Waals surface area contributed by atoms with E-state index >= 15 is 0 Å². The number of H-pyrrole nitrogens is 1. The maximum Gasteiger partial charge on any atom is 0.225 e. The summed E-state index contributed by atoms with van der Waals surface area (Å²) in [6, 6.07) is 8.31. The predicted molar refractivity (Wildman–Crippen MR) is 72.6 cm³/mol. The van der Waals surface area contributed by atoms with Crippen LogP contribution in [0, 0.1) is 0 Å². The van der Waals surface area contributed by atoms with Crippen LogP contribution in [-0.2, 0) is 4.79 Å². The average molecular weight is 243 g/mol. The van der Waals surface area contributed by atoms with Gasteiger partial charge >= 0.3 is 0 Å². The molecule has 1 aromatic carbocycles. The van der Waals surface area contributed by atoms with Gasteiger partial charge in [-0.1, -0.05) is 18.2 Å². The van der Waals surface area contributed by atoms with Gasteiger partial charge in [-0.25, -0.2) is 0 Å². The second-order valence-corrected chi connectivity index (χ2v) is 4.79. The third kappa shape index (κ3) is 2.24. The Morgan fingerprint density at radius 2 is 2.28 bits per heavy atom. The van der Waals surface area contributed by atoms with Crippen molar-refractivity contribution in [2.75, 3.05) is 11.9 Å². The molecule has 1 unspecified atom stereocenters. The largest absolute Gasteiger partial charge is 0.359 e. The zero-order valence-corrected chi connectivity index (χ0v) is 10.2. The number of nitrogens with one attached hydrogen (secondary N) is 3. The summed E-state index contributed by atoms with van der Waals surface area (Å²) < 4.78 is 0. The number of aromatic nitrogens is 1. The molecule has 1 atom stereocenters. The van der Waals surface area contributed by atoms with Crippen LogP contribution in [0.5, 0.6) is 0 Å². The normalized spacial score (nSPS) is 19.2. The highest BCUT2D eigenvalue weighted by Crippen LogP contribution is 2.22. The highest BCUT2D eigenvalue weighted by molar-refractivity contribution is 6.01. The second kappa shape index (κ2) is 4.82. The standard InChI is InChI=1S/C14H17N3O/c18-14(8-10-4-3-7-15-10)17-13-9-16-12-6-2-1-5-11(12)13/h1-2,5-6,9-10,15-16H,3-4,7-8H2,(H,17,18). The lowest BCUT2D eigenvalue weighted by molar-refractivity contribution is -0.116. The van der Waals surface area contributed by atoms with E-state index < -0.39 is 0 Å². The van der Waals surface area contributed by atoms with Gasteiger partial charge in [0.1, 0.15) is 0 Å². The van der Waals surface area contributed by atoms with Crippen molar-refractivity contribution in [3.05, 3.63) is 30.5 Å². The fourth-order valence-corrected chi connectivity index (χ4v) is 2.53. The van der Waals surface area contributed by atoms with Gasteiger partial charge in [-0.3, -0.25) is 4.79 Å². The number of carbonyl (C=O) groups is 1. The van der Waals surface area contributed by atoms with Gasteiger partial charge in [-0.15, -0.1) is 0 Å². The van der Waals surface area contributed by atoms with E-state index in [9.17, 15) is 4.79 Å². The Morgan fingerprint density at radius 1 is 1.39 bits per heavy atom. The van der Waals surface area contributed by atoms with Crippen LogP contribution >= 0.6 is 0 Å². The quantitative estimate of drug-likeness (QED) is 0.774. The van der Waals surface area contributed by atoms with E-state index in [0.29, 0.717) is 12.5 Å². The smallest absolute Gasteiger partial charge is 0.225 e. The lowest BCUT2D eigenvalue weighted by atomic mass is 10.1. The van der Waals surface area contributed by atoms with Gasteiger partial charge in [-0.2, -0.15) is 0 Å². The SMILES string of the molecule is O=C(CC1CCCN1)Nc1c[nH]c2ccccc12. The van der Waals surface area contributed by atoms with Crippen molar-refractivity contribution in [2.45, 2.75) is 25.3 Å². The van der Waals surface area contributed by atoms with Crippen LogP contribution in [0.15, 0.2) is 30.5 Å². The fourth-order valence-electron chi connectivity index (χ4n) is 2.53. The molecule has 0 aliphatic carbocycles. The first-order valence-corrected chi connectivity index (χ1v) is 6.42. The van der Waals surface area contributed by atoms with Gasteiger partial charge in [0.25, 0.3) is 0 Å². The number of para-hydroxylation sites is 1. The van der Waals surface area contributed by atoms with E-state index in [1.165, 1.54) is 6.42 Å². The summed E-state index contributed by atoms with van der Waals surface area (Å²) in [5.74, 6) is 0.0825. The van der Waals surface area contributed by atoms with Crippen LogP contribution in [-0.4, -0.2) is 23.5 Å². The maximum atomic E-state index is 11.9. The average Bonchev–Trinajstić information content (AvgIpc) is 3.00. The molecule has 0 saturated carbocycles. The summed E-state index contributed by atoms with van der Waals surface area (Å²) in [5.41, 5.74) is 1.92. The van der Waals surface area contributed by atoms with Crippen LogP contribution in [0.2, 0.25) is 0 Å². The number of anilines is 1. The van der Waals surface area contributed by atoms with Crippen molar-refractivity contribution in [1.29, 1.82) is 0 Å². The maximum absolute atomic E-state index is 11.9. The Labute approximate surface area is 106 Å². The molecule has 1 saturated heterocycles. The summed E-state index contributed by atoms with van der Waals surface area (Å²) in [6.07, 6.45) is 4.68. The summed E-state index contributed by atoms with van der Waals surface area (Å²) in [5, 5.41) is 7.38. The summed E-state index contributed by atoms with van der Waals surface area (Å²) in [7, 11) is 0. The van der Waals surface area contributed by atoms with Gasteiger partial charge in [0.15, 0.2) is 0 Å². The highest BCUT2D eigenvalue weighted by atomic mass is 16.1. The minimum atomic E-state index is 0.0825. The first kappa shape index (κ1) is 11.3. The molecular weight excluding hydrogens is 226 g/mol. The Balaban J connectivity index is 1.70. The number of benzene rings is 1. The van der Waals surface area contributed by atoms with Gasteiger partial charge in [0.05, 0.1) is 5.69 Å². The molecule has 94 valence electrons. The number of hydrogen-bond donors (Lipinski definition) is 3. The van der Waals surface area contributed by atoms with Crippen molar-refractivity contribution in [3.63, 3.8) is 0 Å². The van der Waals surface area contributed by atoms with Crippen LogP contribution in [0.1, 0.15) is 19.3 Å². The zero-order chi connectivity index (χ0) is 12.4. The molecule has 0 spiro atoms. The number of fused-ring (bicyclic) bond motifs is 1. The molecule has 2 heterocycles. The number of rotatable bonds is 3. The Hall–Kier alpha value is -1.81. The number of hydrogen-bond acceptors (Lipinski definition) is 2. The van der Waals surface area contributed by atoms with E-state index in [2.05, 4.69) is 15.6 Å². The van der Waals surface area contributed by atoms with E-state index in [4.69, 9.17) is 0 Å². The summed E-state index contributed by atoms with van der Waals surface area (Å²) in [4.78, 5) is 15.1. The highest BCUT2D eigenvalue weighted by Gasteiger charge is 2.18. The predicted octanol–water partition coefficient (Wildman–Crippen LogP) is 2.25. The third-order valence-electron chi connectivity index (χ3n) is 3.46. The minimum absolute atomic E-state index is 0.0825. The van der Waals surface area contributed by atoms with Gasteiger partial charge in [0, 0.05) is 29.6 Å². The van der Waals surface area contributed by atoms with Crippen molar-refractivity contribution >= 4 is 22.5 Å². The molecule has 1 aliphatic rings. The van der Waals surface area contributed by atoms with E-state index in [1.807, 2.05) is 30.5 Å². The van der Waals surface area contributed by atoms with Gasteiger partial charge in [0.2, 0.25) is 5.91 Å². The van der Waals surface area contributed by atoms with Crippen LogP contribution in [0.25, 0.3) is 10.9 Å². The van der Waals surface area contributed by atoms with Gasteiger partial charge in [-0.05, 0) is 25.5 Å². The van der Waals surface area contributed by atoms with Crippen LogP contribution in [0.4, 0.5) is 5.69 Å². The van der Waals surface area contributed by atoms with Crippen LogP contribution < -0.4 is 10.6 Å². The lowest BCUT2D eigenvalue weighted by Gasteiger charge is -2.09. The minimum Gasteiger partial charge on any atom is -0.359 e. The molecule has 1 aromatic heterocycles. The molecule has 3 N–H and O–H groups in total. The molecule has 1 aliphatic heterocycles. The summed E-state index contributed by atoms with van der Waals surface area (Å²) in [6.45, 7) is 1.03. The molecule has 1 fully saturated rings. The van der Waals surface area contributed by atoms with Crippen molar-refractivity contribution in [1.82, 2.24) is 10.3 Å².